The summed E-state index contributed by atoms with van der Waals surface area (Å²) in [7, 11) is 2.62. The minimum absolute atomic E-state index is 0.238. The molecule has 2 aromatic heterocycles. The molecule has 2 bridgehead atoms. The van der Waals surface area contributed by atoms with E-state index in [0.717, 1.165) is 11.1 Å². The van der Waals surface area contributed by atoms with Crippen LogP contribution >= 0.6 is 11.6 Å². The molecule has 0 saturated heterocycles. The average molecular weight is 620 g/mol. The standard InChI is InChI=1S/C29H30ClN9O5/c1-43-28(41)33-21-8-9-22-19(14-21)16-38(29(42)44-2)12-4-3-5-23(27-31-15-24(22)35-27)34-26(40)11-6-18-13-20(30)7-10-25(18)39-17-32-36-37-39/h6-11,13-15,17,23H,3-5,12,16H2,1-2H3,(H,31,35)(H,33,41)(H,34,40)/b11-6+. The molecule has 1 aliphatic rings. The number of benzene rings is 2. The van der Waals surface area contributed by atoms with Crippen LogP contribution in [0.4, 0.5) is 15.3 Å². The van der Waals surface area contributed by atoms with Crippen LogP contribution in [0.5, 0.6) is 0 Å². The van der Waals surface area contributed by atoms with Crippen LogP contribution in [0.2, 0.25) is 5.02 Å². The summed E-state index contributed by atoms with van der Waals surface area (Å²) in [4.78, 5) is 47.3. The third-order valence-corrected chi connectivity index (χ3v) is 7.26. The van der Waals surface area contributed by atoms with Gasteiger partial charge in [0, 0.05) is 47.2 Å². The maximum absolute atomic E-state index is 13.2. The van der Waals surface area contributed by atoms with E-state index in [1.54, 1.807) is 47.5 Å². The Kier molecular flexibility index (Phi) is 9.49. The molecule has 3 heterocycles. The molecule has 1 aliphatic heterocycles. The third-order valence-electron chi connectivity index (χ3n) is 7.02. The van der Waals surface area contributed by atoms with Crippen LogP contribution in [0.15, 0.2) is 55.0 Å². The van der Waals surface area contributed by atoms with E-state index in [0.29, 0.717) is 59.3 Å². The Balaban J connectivity index is 1.41. The zero-order valence-corrected chi connectivity index (χ0v) is 24.7. The van der Waals surface area contributed by atoms with Crippen molar-refractivity contribution in [2.24, 2.45) is 0 Å². The molecule has 1 unspecified atom stereocenters. The topological polar surface area (TPSA) is 169 Å². The van der Waals surface area contributed by atoms with Gasteiger partial charge in [-0.1, -0.05) is 17.7 Å². The second-order valence-corrected chi connectivity index (χ2v) is 10.3. The summed E-state index contributed by atoms with van der Waals surface area (Å²) >= 11 is 6.21. The molecule has 14 nitrogen and oxygen atoms in total. The van der Waals surface area contributed by atoms with E-state index in [9.17, 15) is 14.4 Å². The number of aromatic nitrogens is 6. The lowest BCUT2D eigenvalue weighted by atomic mass is 10.0. The number of nitrogens with one attached hydrogen (secondary N) is 3. The van der Waals surface area contributed by atoms with Crippen molar-refractivity contribution in [1.82, 2.24) is 40.4 Å². The first-order valence-electron chi connectivity index (χ1n) is 13.7. The predicted molar refractivity (Wildman–Crippen MR) is 161 cm³/mol. The van der Waals surface area contributed by atoms with Crippen LogP contribution in [0, 0.1) is 0 Å². The molecular formula is C29H30ClN9O5. The molecule has 0 fully saturated rings. The fourth-order valence-electron chi connectivity index (χ4n) is 4.90. The maximum atomic E-state index is 13.2. The fourth-order valence-corrected chi connectivity index (χ4v) is 5.08. The number of rotatable bonds is 5. The van der Waals surface area contributed by atoms with Gasteiger partial charge in [-0.25, -0.2) is 14.6 Å². The van der Waals surface area contributed by atoms with Gasteiger partial charge in [-0.3, -0.25) is 10.1 Å². The van der Waals surface area contributed by atoms with Crippen LogP contribution in [0.3, 0.4) is 0 Å². The molecule has 4 aromatic rings. The van der Waals surface area contributed by atoms with Crippen LogP contribution in [0.25, 0.3) is 23.0 Å². The molecule has 3 N–H and O–H groups in total. The predicted octanol–water partition coefficient (Wildman–Crippen LogP) is 4.51. The van der Waals surface area contributed by atoms with Gasteiger partial charge in [0.15, 0.2) is 0 Å². The molecular weight excluding hydrogens is 590 g/mol. The smallest absolute Gasteiger partial charge is 0.411 e. The van der Waals surface area contributed by atoms with Gasteiger partial charge < -0.3 is 24.7 Å². The summed E-state index contributed by atoms with van der Waals surface area (Å²) in [6, 6.07) is 10.1. The Morgan fingerprint density at radius 2 is 1.98 bits per heavy atom. The maximum Gasteiger partial charge on any atom is 0.411 e. The van der Waals surface area contributed by atoms with Crippen LogP contribution < -0.4 is 10.6 Å². The minimum Gasteiger partial charge on any atom is -0.453 e. The molecule has 44 heavy (non-hydrogen) atoms. The number of nitrogens with zero attached hydrogens (tertiary/aromatic N) is 6. The van der Waals surface area contributed by atoms with Gasteiger partial charge in [0.05, 0.1) is 31.6 Å². The highest BCUT2D eigenvalue weighted by Crippen LogP contribution is 2.30. The first-order chi connectivity index (χ1) is 21.3. The molecule has 0 radical (unpaired) electrons. The van der Waals surface area contributed by atoms with E-state index in [2.05, 4.69) is 31.1 Å². The van der Waals surface area contributed by atoms with Crippen molar-refractivity contribution in [2.45, 2.75) is 31.8 Å². The second kappa shape index (κ2) is 13.8. The lowest BCUT2D eigenvalue weighted by Gasteiger charge is -2.24. The number of fused-ring (bicyclic) bond motifs is 4. The SMILES string of the molecule is COC(=O)Nc1ccc2c(c1)CN(C(=O)OC)CCCCC(NC(=O)/C=C/c1cc(Cl)ccc1-n1cnnn1)c1nc-2c[nH]1. The number of H-pyrrole nitrogens is 1. The number of imidazole rings is 1. The van der Waals surface area contributed by atoms with Gasteiger partial charge in [-0.15, -0.1) is 5.10 Å². The summed E-state index contributed by atoms with van der Waals surface area (Å²) < 4.78 is 11.2. The van der Waals surface area contributed by atoms with Crippen molar-refractivity contribution in [3.63, 3.8) is 0 Å². The Morgan fingerprint density at radius 1 is 1.11 bits per heavy atom. The normalized spacial score (nSPS) is 15.1. The highest BCUT2D eigenvalue weighted by molar-refractivity contribution is 6.30. The lowest BCUT2D eigenvalue weighted by Crippen LogP contribution is -2.32. The number of anilines is 1. The number of hydrogen-bond acceptors (Lipinski definition) is 9. The third kappa shape index (κ3) is 7.21. The number of amides is 3. The van der Waals surface area contributed by atoms with Gasteiger partial charge in [0.2, 0.25) is 5.91 Å². The summed E-state index contributed by atoms with van der Waals surface area (Å²) in [5.41, 5.74) is 3.92. The molecule has 2 aromatic carbocycles. The number of halogens is 1. The van der Waals surface area contributed by atoms with Crippen LogP contribution in [-0.2, 0) is 20.8 Å². The van der Waals surface area contributed by atoms with Crippen molar-refractivity contribution >= 4 is 41.5 Å². The average Bonchev–Trinajstić information content (AvgIpc) is 3.73. The number of tetrazole rings is 1. The molecule has 228 valence electrons. The van der Waals surface area contributed by atoms with Crippen molar-refractivity contribution in [3.8, 4) is 16.9 Å². The quantitative estimate of drug-likeness (QED) is 0.272. The Bertz CT molecular complexity index is 1670. The van der Waals surface area contributed by atoms with E-state index in [4.69, 9.17) is 26.1 Å². The molecule has 0 spiro atoms. The van der Waals surface area contributed by atoms with E-state index in [1.165, 1.54) is 31.3 Å². The van der Waals surface area contributed by atoms with Gasteiger partial charge in [0.25, 0.3) is 0 Å². The zero-order valence-electron chi connectivity index (χ0n) is 24.0. The van der Waals surface area contributed by atoms with E-state index < -0.39 is 18.2 Å². The first-order valence-corrected chi connectivity index (χ1v) is 14.1. The van der Waals surface area contributed by atoms with Gasteiger partial charge in [-0.2, -0.15) is 4.68 Å². The number of hydrogen-bond donors (Lipinski definition) is 3. The summed E-state index contributed by atoms with van der Waals surface area (Å²) in [5, 5.41) is 17.5. The van der Waals surface area contributed by atoms with Crippen molar-refractivity contribution in [2.75, 3.05) is 26.1 Å². The summed E-state index contributed by atoms with van der Waals surface area (Å²) in [6.45, 7) is 0.664. The molecule has 1 atom stereocenters. The summed E-state index contributed by atoms with van der Waals surface area (Å²) in [5.74, 6) is 0.254. The minimum atomic E-state index is -0.611. The van der Waals surface area contributed by atoms with Gasteiger partial charge >= 0.3 is 12.2 Å². The molecule has 0 saturated carbocycles. The number of aromatic amines is 1. The van der Waals surface area contributed by atoms with Gasteiger partial charge in [-0.05, 0) is 71.7 Å². The Labute approximate surface area is 257 Å². The van der Waals surface area contributed by atoms with Crippen LogP contribution in [0.1, 0.15) is 42.3 Å². The van der Waals surface area contributed by atoms with Crippen molar-refractivity contribution < 1.29 is 23.9 Å². The van der Waals surface area contributed by atoms with Crippen LogP contribution in [-0.4, -0.2) is 73.9 Å². The lowest BCUT2D eigenvalue weighted by molar-refractivity contribution is -0.117. The molecule has 0 aliphatic carbocycles. The highest BCUT2D eigenvalue weighted by Gasteiger charge is 2.23. The summed E-state index contributed by atoms with van der Waals surface area (Å²) in [6.07, 6.45) is 7.10. The first kappa shape index (κ1) is 30.2. The Morgan fingerprint density at radius 3 is 2.75 bits per heavy atom. The van der Waals surface area contributed by atoms with Crippen molar-refractivity contribution in [3.05, 3.63) is 77.0 Å². The zero-order chi connectivity index (χ0) is 31.1. The van der Waals surface area contributed by atoms with E-state index >= 15 is 0 Å². The largest absolute Gasteiger partial charge is 0.453 e. The number of carbonyl (C=O) groups excluding carboxylic acids is 3. The molecule has 3 amide bonds. The number of carbonyl (C=O) groups is 3. The number of ether oxygens (including phenoxy) is 2. The highest BCUT2D eigenvalue weighted by atomic mass is 35.5. The Hall–Kier alpha value is -5.24. The second-order valence-electron chi connectivity index (χ2n) is 9.90. The number of methoxy groups -OCH3 is 2. The van der Waals surface area contributed by atoms with Gasteiger partial charge in [0.1, 0.15) is 12.2 Å². The molecule has 15 heteroatoms. The van der Waals surface area contributed by atoms with E-state index in [1.807, 2.05) is 6.07 Å². The fraction of sp³-hybridized carbons (Fsp3) is 0.276. The van der Waals surface area contributed by atoms with Crippen molar-refractivity contribution in [1.29, 1.82) is 0 Å². The monoisotopic (exact) mass is 619 g/mol. The van der Waals surface area contributed by atoms with E-state index in [-0.39, 0.29) is 12.5 Å². The molecule has 5 rings (SSSR count).